The second-order valence-electron chi connectivity index (χ2n) is 3.51. The highest BCUT2D eigenvalue weighted by atomic mass is 16.5. The Morgan fingerprint density at radius 3 is 2.82 bits per heavy atom. The number of carbonyl (C=O) groups is 1. The van der Waals surface area contributed by atoms with E-state index in [4.69, 9.17) is 4.74 Å². The lowest BCUT2D eigenvalue weighted by atomic mass is 9.67. The smallest absolute Gasteiger partial charge is 0.338 e. The van der Waals surface area contributed by atoms with Crippen LogP contribution in [0.25, 0.3) is 0 Å². The molecule has 0 aliphatic carbocycles. The molecule has 0 radical (unpaired) electrons. The Morgan fingerprint density at radius 1 is 1.41 bits per heavy atom. The molecule has 84 valence electrons. The molecule has 0 saturated carbocycles. The Labute approximate surface area is 100 Å². The largest absolute Gasteiger partial charge is 0.455 e. The van der Waals surface area contributed by atoms with Gasteiger partial charge in [-0.2, -0.15) is 0 Å². The highest BCUT2D eigenvalue weighted by molar-refractivity contribution is 6.88. The molecule has 0 aliphatic rings. The van der Waals surface area contributed by atoms with Crippen LogP contribution in [0.2, 0.25) is 0 Å². The number of aromatic nitrogens is 3. The zero-order valence-corrected chi connectivity index (χ0v) is 9.54. The van der Waals surface area contributed by atoms with Gasteiger partial charge in [0.2, 0.25) is 7.31 Å². The lowest BCUT2D eigenvalue weighted by Gasteiger charge is -2.01. The van der Waals surface area contributed by atoms with Crippen LogP contribution >= 0.6 is 0 Å². The lowest BCUT2D eigenvalue weighted by molar-refractivity contribution is 0.0467. The van der Waals surface area contributed by atoms with E-state index in [-0.39, 0.29) is 12.6 Å². The highest BCUT2D eigenvalue weighted by Gasteiger charge is 2.07. The number of rotatable bonds is 4. The molecule has 0 atom stereocenters. The van der Waals surface area contributed by atoms with Crippen molar-refractivity contribution in [2.45, 2.75) is 6.61 Å². The molecule has 0 amide bonds. The minimum Gasteiger partial charge on any atom is -0.455 e. The van der Waals surface area contributed by atoms with Gasteiger partial charge in [0.1, 0.15) is 12.3 Å². The molecule has 17 heavy (non-hydrogen) atoms. The summed E-state index contributed by atoms with van der Waals surface area (Å²) >= 11 is 0. The summed E-state index contributed by atoms with van der Waals surface area (Å²) in [4.78, 5) is 11.6. The Balaban J connectivity index is 1.92. The quantitative estimate of drug-likeness (QED) is 0.516. The van der Waals surface area contributed by atoms with Gasteiger partial charge >= 0.3 is 5.97 Å². The molecule has 7 heteroatoms. The molecule has 0 aliphatic heterocycles. The Bertz CT molecular complexity index is 501. The van der Waals surface area contributed by atoms with E-state index >= 15 is 0 Å². The van der Waals surface area contributed by atoms with Gasteiger partial charge in [0.15, 0.2) is 0 Å². The molecule has 0 N–H and O–H groups in total. The minimum absolute atomic E-state index is 0.147. The van der Waals surface area contributed by atoms with Gasteiger partial charge in [-0.15, -0.1) is 5.10 Å². The Hall–Kier alpha value is -2.04. The molecule has 1 aromatic heterocycles. The van der Waals surface area contributed by atoms with Crippen LogP contribution in [0.5, 0.6) is 0 Å². The summed E-state index contributed by atoms with van der Waals surface area (Å²) in [6.07, 6.45) is 1.76. The molecule has 0 saturated heterocycles. The van der Waals surface area contributed by atoms with E-state index in [1.165, 1.54) is 0 Å². The van der Waals surface area contributed by atoms with Gasteiger partial charge in [-0.1, -0.05) is 23.4 Å². The van der Waals surface area contributed by atoms with Crippen molar-refractivity contribution in [3.63, 3.8) is 0 Å². The van der Waals surface area contributed by atoms with Gasteiger partial charge in [0, 0.05) is 6.20 Å². The molecule has 2 rings (SSSR count). The summed E-state index contributed by atoms with van der Waals surface area (Å²) in [6, 6.07) is 8.87. The van der Waals surface area contributed by atoms with E-state index in [1.807, 2.05) is 13.8 Å². The monoisotopic (exact) mass is 227 g/mol. The second-order valence-corrected chi connectivity index (χ2v) is 3.51. The summed E-state index contributed by atoms with van der Waals surface area (Å²) in [5, 5.41) is 7.75. The number of ether oxygens (including phenoxy) is 1. The number of benzene rings is 1. The first-order valence-corrected chi connectivity index (χ1v) is 5.40. The molecular weight excluding hydrogens is 216 g/mol. The molecule has 5 nitrogen and oxygen atoms in total. The second kappa shape index (κ2) is 5.34. The van der Waals surface area contributed by atoms with Crippen molar-refractivity contribution in [1.29, 1.82) is 0 Å². The highest BCUT2D eigenvalue weighted by Crippen LogP contribution is 2.03. The van der Waals surface area contributed by atoms with Gasteiger partial charge in [-0.25, -0.2) is 4.79 Å². The third-order valence-corrected chi connectivity index (χ3v) is 2.27. The maximum absolute atomic E-state index is 11.6. The SMILES string of the molecule is BBn1cc(COC(=O)c2ccccc2)nn1. The summed E-state index contributed by atoms with van der Waals surface area (Å²) in [5.74, 6) is -0.350. The zero-order valence-electron chi connectivity index (χ0n) is 9.54. The maximum Gasteiger partial charge on any atom is 0.338 e. The standard InChI is InChI=1S/C10H11B2N3O2/c11-12-15-6-9(13-14-15)7-17-10(16)8-4-2-1-3-5-8/h1-6,12H,7,11H2. The first-order chi connectivity index (χ1) is 8.29. The number of hydrogen-bond acceptors (Lipinski definition) is 4. The van der Waals surface area contributed by atoms with Crippen molar-refractivity contribution in [1.82, 2.24) is 14.9 Å². The molecule has 1 heterocycles. The van der Waals surface area contributed by atoms with Crippen molar-refractivity contribution in [2.24, 2.45) is 0 Å². The van der Waals surface area contributed by atoms with E-state index in [0.717, 1.165) is 7.31 Å². The van der Waals surface area contributed by atoms with Crippen molar-refractivity contribution in [2.75, 3.05) is 0 Å². The van der Waals surface area contributed by atoms with Gasteiger partial charge in [0.05, 0.1) is 13.3 Å². The van der Waals surface area contributed by atoms with Crippen LogP contribution in [0.3, 0.4) is 0 Å². The fraction of sp³-hybridized carbons (Fsp3) is 0.100. The molecule has 1 aromatic carbocycles. The maximum atomic E-state index is 11.6. The summed E-state index contributed by atoms with van der Waals surface area (Å²) < 4.78 is 6.80. The topological polar surface area (TPSA) is 57.0 Å². The molecule has 0 bridgehead atoms. The van der Waals surface area contributed by atoms with Crippen LogP contribution in [0.15, 0.2) is 36.5 Å². The van der Waals surface area contributed by atoms with E-state index in [0.29, 0.717) is 11.3 Å². The Kier molecular flexibility index (Phi) is 3.59. The number of nitrogens with zero attached hydrogens (tertiary/aromatic N) is 3. The van der Waals surface area contributed by atoms with Gasteiger partial charge in [-0.05, 0) is 12.1 Å². The van der Waals surface area contributed by atoms with Crippen LogP contribution in [0.4, 0.5) is 0 Å². The van der Waals surface area contributed by atoms with Crippen LogP contribution in [-0.4, -0.2) is 35.9 Å². The normalized spacial score (nSPS) is 9.88. The van der Waals surface area contributed by atoms with Crippen molar-refractivity contribution < 1.29 is 9.53 Å². The van der Waals surface area contributed by atoms with E-state index < -0.39 is 0 Å². The van der Waals surface area contributed by atoms with E-state index in [1.54, 1.807) is 35.1 Å². The average molecular weight is 227 g/mol. The number of esters is 1. The first-order valence-electron chi connectivity index (χ1n) is 5.40. The molecule has 0 spiro atoms. The van der Waals surface area contributed by atoms with Gasteiger partial charge in [0.25, 0.3) is 0 Å². The Morgan fingerprint density at radius 2 is 2.18 bits per heavy atom. The lowest BCUT2D eigenvalue weighted by Crippen LogP contribution is -2.06. The van der Waals surface area contributed by atoms with E-state index in [2.05, 4.69) is 10.3 Å². The molecule has 0 unspecified atom stereocenters. The molecule has 2 aromatic rings. The molecular formula is C10H11B2N3O2. The third-order valence-electron chi connectivity index (χ3n) is 2.27. The first kappa shape index (κ1) is 11.4. The fourth-order valence-corrected chi connectivity index (χ4v) is 1.36. The predicted octanol–water partition coefficient (Wildman–Crippen LogP) is -0.617. The predicted molar refractivity (Wildman–Crippen MR) is 66.7 cm³/mol. The van der Waals surface area contributed by atoms with Crippen molar-refractivity contribution in [3.8, 4) is 0 Å². The average Bonchev–Trinajstić information content (AvgIpc) is 2.85. The molecule has 0 fully saturated rings. The minimum atomic E-state index is -0.350. The summed E-state index contributed by atoms with van der Waals surface area (Å²) in [5.41, 5.74) is 1.19. The van der Waals surface area contributed by atoms with Gasteiger partial charge < -0.3 is 9.33 Å². The van der Waals surface area contributed by atoms with Crippen molar-refractivity contribution >= 4 is 21.0 Å². The van der Waals surface area contributed by atoms with Crippen molar-refractivity contribution in [3.05, 3.63) is 47.8 Å². The number of carbonyl (C=O) groups excluding carboxylic acids is 1. The fourth-order valence-electron chi connectivity index (χ4n) is 1.36. The van der Waals surface area contributed by atoms with Crippen LogP contribution in [-0.2, 0) is 11.3 Å². The van der Waals surface area contributed by atoms with Crippen LogP contribution in [0, 0.1) is 0 Å². The third kappa shape index (κ3) is 2.96. The number of hydrogen-bond donors (Lipinski definition) is 0. The van der Waals surface area contributed by atoms with Gasteiger partial charge in [-0.3, -0.25) is 0 Å². The van der Waals surface area contributed by atoms with E-state index in [9.17, 15) is 4.79 Å². The van der Waals surface area contributed by atoms with Crippen LogP contribution < -0.4 is 0 Å². The zero-order chi connectivity index (χ0) is 12.1. The summed E-state index contributed by atoms with van der Waals surface area (Å²) in [6.45, 7) is 0.147. The van der Waals surface area contributed by atoms with Crippen LogP contribution in [0.1, 0.15) is 16.1 Å². The summed E-state index contributed by atoms with van der Waals surface area (Å²) in [7, 11) is 2.72.